The number of Topliss-reactive ketones (excluding diaryl/α,β-unsaturated/α-hetero) is 3. The highest BCUT2D eigenvalue weighted by Gasteiger charge is 2.59. The van der Waals surface area contributed by atoms with E-state index in [0.29, 0.717) is 96.6 Å². The first-order valence-corrected chi connectivity index (χ1v) is 23.2. The van der Waals surface area contributed by atoms with Gasteiger partial charge in [-0.1, -0.05) is 81.7 Å². The van der Waals surface area contributed by atoms with Gasteiger partial charge >= 0.3 is 0 Å². The molecule has 2 amide bonds. The number of benzene rings is 1. The van der Waals surface area contributed by atoms with Crippen LogP contribution in [0.2, 0.25) is 0 Å². The topological polar surface area (TPSA) is 253 Å². The summed E-state index contributed by atoms with van der Waals surface area (Å²) in [7, 11) is 1.72. The highest BCUT2D eigenvalue weighted by Crippen LogP contribution is 2.42. The normalized spacial score (nSPS) is 24.7. The maximum absolute atomic E-state index is 15.6. The largest absolute Gasteiger partial charge is 0.370 e. The number of ketones is 3. The average Bonchev–Trinajstić information content (AvgIpc) is 3.76. The maximum atomic E-state index is 15.6. The molecule has 1 unspecified atom stereocenters. The van der Waals surface area contributed by atoms with Gasteiger partial charge in [-0.25, -0.2) is 0 Å². The molecule has 4 aliphatic rings. The average molecular weight is 834 g/mol. The zero-order valence-corrected chi connectivity index (χ0v) is 36.1. The number of unbranched alkanes of at least 4 members (excludes halogenated alkanes) is 1. The van der Waals surface area contributed by atoms with Gasteiger partial charge in [-0.15, -0.1) is 0 Å². The van der Waals surface area contributed by atoms with E-state index in [1.165, 1.54) is 0 Å². The van der Waals surface area contributed by atoms with Crippen molar-refractivity contribution in [2.45, 2.75) is 171 Å². The second-order valence-electron chi connectivity index (χ2n) is 18.4. The fraction of sp³-hybridized carbons (Fsp3) is 0.739. The number of amides is 2. The Hall–Kier alpha value is -3.72. The van der Waals surface area contributed by atoms with Crippen molar-refractivity contribution < 1.29 is 24.0 Å². The summed E-state index contributed by atoms with van der Waals surface area (Å²) in [6, 6.07) is 6.20. The summed E-state index contributed by atoms with van der Waals surface area (Å²) in [5, 5.41) is 16.8. The Bertz CT molecular complexity index is 1590. The first kappa shape index (κ1) is 47.3. The predicted octanol–water partition coefficient (Wildman–Crippen LogP) is 3.36. The molecule has 0 radical (unpaired) electrons. The molecule has 6 atom stereocenters. The molecule has 1 aromatic carbocycles. The smallest absolute Gasteiger partial charge is 0.245 e. The third kappa shape index (κ3) is 12.0. The van der Waals surface area contributed by atoms with Gasteiger partial charge in [0.1, 0.15) is 11.6 Å². The van der Waals surface area contributed by atoms with Gasteiger partial charge in [-0.05, 0) is 114 Å². The number of carbonyl (C=O) groups excluding carboxylic acids is 5. The van der Waals surface area contributed by atoms with Gasteiger partial charge in [0.25, 0.3) is 0 Å². The van der Waals surface area contributed by atoms with Crippen LogP contribution in [0.5, 0.6) is 0 Å². The van der Waals surface area contributed by atoms with Gasteiger partial charge in [0.05, 0.1) is 24.0 Å². The van der Waals surface area contributed by atoms with E-state index in [2.05, 4.69) is 16.0 Å². The molecule has 1 aliphatic heterocycles. The minimum absolute atomic E-state index is 0.0724. The first-order chi connectivity index (χ1) is 28.9. The lowest BCUT2D eigenvalue weighted by atomic mass is 9.60. The Balaban J connectivity index is 1.46. The minimum Gasteiger partial charge on any atom is -0.370 e. The van der Waals surface area contributed by atoms with Gasteiger partial charge in [-0.2, -0.15) is 0 Å². The lowest BCUT2D eigenvalue weighted by Crippen LogP contribution is -2.70. The number of hydrogen-bond acceptors (Lipinski definition) is 10. The number of hydrogen-bond donors (Lipinski definition) is 8. The summed E-state index contributed by atoms with van der Waals surface area (Å²) >= 11 is 0. The molecule has 0 aromatic heterocycles. The van der Waals surface area contributed by atoms with Crippen LogP contribution in [0, 0.1) is 29.1 Å². The second-order valence-corrected chi connectivity index (χ2v) is 18.4. The molecule has 14 nitrogen and oxygen atoms in total. The van der Waals surface area contributed by atoms with Crippen LogP contribution in [0.15, 0.2) is 30.3 Å². The van der Waals surface area contributed by atoms with Crippen molar-refractivity contribution in [3.8, 4) is 0 Å². The van der Waals surface area contributed by atoms with E-state index in [-0.39, 0.29) is 41.4 Å². The van der Waals surface area contributed by atoms with Crippen LogP contribution in [0.3, 0.4) is 0 Å². The van der Waals surface area contributed by atoms with E-state index in [0.717, 1.165) is 56.9 Å². The Morgan fingerprint density at radius 1 is 0.850 bits per heavy atom. The van der Waals surface area contributed by atoms with Crippen molar-refractivity contribution in [2.75, 3.05) is 20.1 Å². The Morgan fingerprint density at radius 3 is 2.12 bits per heavy atom. The lowest BCUT2D eigenvalue weighted by molar-refractivity contribution is -0.151. The maximum Gasteiger partial charge on any atom is 0.245 e. The molecule has 3 aliphatic carbocycles. The first-order valence-electron chi connectivity index (χ1n) is 23.2. The van der Waals surface area contributed by atoms with E-state index in [1.54, 1.807) is 11.9 Å². The van der Waals surface area contributed by atoms with Gasteiger partial charge in [0.15, 0.2) is 23.3 Å². The van der Waals surface area contributed by atoms with Crippen LogP contribution < -0.4 is 38.9 Å². The number of likely N-dealkylation sites (tertiary alicyclic amines) is 1. The molecule has 0 bridgehead atoms. The second kappa shape index (κ2) is 22.9. The number of rotatable bonds is 21. The fourth-order valence-corrected chi connectivity index (χ4v) is 10.9. The van der Waals surface area contributed by atoms with E-state index >= 15 is 14.4 Å². The van der Waals surface area contributed by atoms with E-state index in [9.17, 15) is 9.59 Å². The Kier molecular flexibility index (Phi) is 18.1. The van der Waals surface area contributed by atoms with Crippen molar-refractivity contribution in [2.24, 2.45) is 46.6 Å². The molecule has 334 valence electrons. The van der Waals surface area contributed by atoms with Crippen molar-refractivity contribution in [3.63, 3.8) is 0 Å². The van der Waals surface area contributed by atoms with E-state index in [1.807, 2.05) is 30.3 Å². The van der Waals surface area contributed by atoms with E-state index < -0.39 is 53.1 Å². The predicted molar refractivity (Wildman–Crippen MR) is 235 cm³/mol. The van der Waals surface area contributed by atoms with E-state index in [4.69, 9.17) is 28.3 Å². The summed E-state index contributed by atoms with van der Waals surface area (Å²) < 4.78 is 0. The van der Waals surface area contributed by atoms with Crippen molar-refractivity contribution in [3.05, 3.63) is 35.9 Å². The number of nitrogens with zero attached hydrogens (tertiary/aromatic N) is 1. The number of likely N-dealkylation sites (N-methyl/N-ethyl adjacent to an activating group) is 1. The van der Waals surface area contributed by atoms with Crippen LogP contribution >= 0.6 is 0 Å². The van der Waals surface area contributed by atoms with Gasteiger partial charge in [-0.3, -0.25) is 29.4 Å². The zero-order valence-electron chi connectivity index (χ0n) is 36.1. The molecule has 4 fully saturated rings. The van der Waals surface area contributed by atoms with Crippen LogP contribution in [0.4, 0.5) is 0 Å². The SMILES string of the molecule is CN[C@@H](Cc1ccccc1)C(=O)N[C@@H](CCCCN)C(=O)N1CCC[C@H]1C(=O)C(C1CCCCC1)[C@@](N)(C(=O)[C@H](N)CC1CCCCC1)C(=O)[C@H]1CC[C@H](NC(=N)N)CC1. The van der Waals surface area contributed by atoms with Crippen molar-refractivity contribution in [1.29, 1.82) is 5.41 Å². The molecule has 3 saturated carbocycles. The summed E-state index contributed by atoms with van der Waals surface area (Å²) in [5.74, 6) is -3.89. The summed E-state index contributed by atoms with van der Waals surface area (Å²) in [5.41, 5.74) is 24.6. The molecule has 12 N–H and O–H groups in total. The van der Waals surface area contributed by atoms with Gasteiger partial charge in [0.2, 0.25) is 11.8 Å². The van der Waals surface area contributed by atoms with Crippen LogP contribution in [0.1, 0.15) is 134 Å². The highest BCUT2D eigenvalue weighted by atomic mass is 16.2. The molecular weight excluding hydrogens is 759 g/mol. The molecule has 14 heteroatoms. The summed E-state index contributed by atoms with van der Waals surface area (Å²) in [4.78, 5) is 76.1. The van der Waals surface area contributed by atoms with Gasteiger partial charge < -0.3 is 43.8 Å². The summed E-state index contributed by atoms with van der Waals surface area (Å²) in [6.45, 7) is 0.748. The van der Waals surface area contributed by atoms with Crippen molar-refractivity contribution >= 4 is 35.1 Å². The third-order valence-corrected chi connectivity index (χ3v) is 14.2. The molecule has 0 spiro atoms. The third-order valence-electron chi connectivity index (χ3n) is 14.2. The molecule has 1 aromatic rings. The molecule has 60 heavy (non-hydrogen) atoms. The fourth-order valence-electron chi connectivity index (χ4n) is 10.9. The molecule has 5 rings (SSSR count). The number of carbonyl (C=O) groups is 5. The monoisotopic (exact) mass is 834 g/mol. The number of nitrogens with two attached hydrogens (primary N) is 4. The lowest BCUT2D eigenvalue weighted by Gasteiger charge is -2.45. The minimum atomic E-state index is -2.16. The van der Waals surface area contributed by atoms with Crippen LogP contribution in [0.25, 0.3) is 0 Å². The Morgan fingerprint density at radius 2 is 1.50 bits per heavy atom. The molecule has 1 saturated heterocycles. The van der Waals surface area contributed by atoms with Crippen molar-refractivity contribution in [1.82, 2.24) is 20.9 Å². The number of guanidine groups is 1. The Labute approximate surface area is 357 Å². The quantitative estimate of drug-likeness (QED) is 0.0386. The molecule has 1 heterocycles. The standard InChI is InChI=1S/C46H75N9O5/c1-52-37(29-31-16-7-3-8-17-31)43(59)54-36(20-11-12-26-47)44(60)55-27-13-21-38(55)40(56)39(32-18-9-4-10-19-32)46(51,42(58)35(48)28-30-14-5-2-6-15-30)41(57)33-22-24-34(25-23-33)53-45(49)50/h3,7-8,16-17,30,32-39,52H,2,4-6,9-15,18-29,47-48,51H2,1H3,(H,54,59)(H4,49,50,53)/t33-,34-,35-,36+,37+,38+,39?,46+/m1/s1. The summed E-state index contributed by atoms with van der Waals surface area (Å²) in [6.07, 6.45) is 14.6. The highest BCUT2D eigenvalue weighted by molar-refractivity contribution is 6.18. The van der Waals surface area contributed by atoms with Crippen LogP contribution in [-0.4, -0.2) is 95.9 Å². The van der Waals surface area contributed by atoms with Gasteiger partial charge in [0, 0.05) is 18.5 Å². The zero-order chi connectivity index (χ0) is 43.2. The van der Waals surface area contributed by atoms with Crippen LogP contribution in [-0.2, 0) is 30.4 Å². The number of nitrogens with one attached hydrogen (secondary N) is 4. The molecular formula is C46H75N9O5.